The van der Waals surface area contributed by atoms with Crippen LogP contribution in [0.2, 0.25) is 0 Å². The summed E-state index contributed by atoms with van der Waals surface area (Å²) in [4.78, 5) is 0. The monoisotopic (exact) mass is 307 g/mol. The van der Waals surface area contributed by atoms with E-state index >= 15 is 0 Å². The van der Waals surface area contributed by atoms with Crippen molar-refractivity contribution in [2.24, 2.45) is 11.8 Å². The summed E-state index contributed by atoms with van der Waals surface area (Å²) in [5, 5.41) is 0. The van der Waals surface area contributed by atoms with Gasteiger partial charge in [0.25, 0.3) is 0 Å². The van der Waals surface area contributed by atoms with Gasteiger partial charge in [0.2, 0.25) is 10.0 Å². The molecule has 0 radical (unpaired) electrons. The number of sulfonamides is 1. The van der Waals surface area contributed by atoms with Gasteiger partial charge in [-0.25, -0.2) is 12.7 Å². The average Bonchev–Trinajstić information content (AvgIpc) is 2.42. The van der Waals surface area contributed by atoms with E-state index in [1.807, 2.05) is 6.92 Å². The van der Waals surface area contributed by atoms with Crippen LogP contribution in [0.1, 0.15) is 39.0 Å². The molecule has 0 bridgehead atoms. The van der Waals surface area contributed by atoms with Crippen LogP contribution < -0.4 is 11.3 Å². The van der Waals surface area contributed by atoms with Gasteiger partial charge in [-0.15, -0.1) is 0 Å². The summed E-state index contributed by atoms with van der Waals surface area (Å²) in [7, 11) is -1.36. The van der Waals surface area contributed by atoms with Crippen LogP contribution in [-0.4, -0.2) is 51.3 Å². The maximum atomic E-state index is 11.6. The van der Waals surface area contributed by atoms with Crippen molar-refractivity contribution in [3.05, 3.63) is 0 Å². The largest absolute Gasteiger partial charge is 0.382 e. The van der Waals surface area contributed by atoms with E-state index in [0.717, 1.165) is 32.1 Å². The SMILES string of the molecule is COC(C)CCC(CC1CCCN(S(C)(=O)=O)C1)NN. The first kappa shape index (κ1) is 17.8. The fourth-order valence-electron chi connectivity index (χ4n) is 2.75. The summed E-state index contributed by atoms with van der Waals surface area (Å²) in [6.45, 7) is 3.31. The van der Waals surface area contributed by atoms with Crippen molar-refractivity contribution in [1.82, 2.24) is 9.73 Å². The predicted molar refractivity (Wildman–Crippen MR) is 80.6 cm³/mol. The summed E-state index contributed by atoms with van der Waals surface area (Å²) >= 11 is 0. The zero-order valence-electron chi connectivity index (χ0n) is 12.8. The Morgan fingerprint density at radius 3 is 2.70 bits per heavy atom. The normalized spacial score (nSPS) is 24.5. The molecule has 1 rings (SSSR count). The number of ether oxygens (including phenoxy) is 1. The molecule has 0 aromatic carbocycles. The lowest BCUT2D eigenvalue weighted by atomic mass is 9.90. The van der Waals surface area contributed by atoms with Crippen LogP contribution >= 0.6 is 0 Å². The molecule has 0 aromatic rings. The molecule has 0 spiro atoms. The summed E-state index contributed by atoms with van der Waals surface area (Å²) in [6.07, 6.45) is 6.33. The van der Waals surface area contributed by atoms with E-state index in [2.05, 4.69) is 5.43 Å². The molecule has 3 N–H and O–H groups in total. The maximum Gasteiger partial charge on any atom is 0.211 e. The first-order chi connectivity index (χ1) is 9.36. The Hall–Kier alpha value is -0.210. The Labute approximate surface area is 123 Å². The highest BCUT2D eigenvalue weighted by Gasteiger charge is 2.27. The zero-order chi connectivity index (χ0) is 15.2. The molecule has 3 unspecified atom stereocenters. The molecule has 3 atom stereocenters. The van der Waals surface area contributed by atoms with Gasteiger partial charge < -0.3 is 4.74 Å². The summed E-state index contributed by atoms with van der Waals surface area (Å²) in [6, 6.07) is 0.220. The third-order valence-corrected chi connectivity index (χ3v) is 5.40. The van der Waals surface area contributed by atoms with Crippen molar-refractivity contribution >= 4 is 10.0 Å². The van der Waals surface area contributed by atoms with E-state index in [0.29, 0.717) is 19.0 Å². The Balaban J connectivity index is 2.44. The van der Waals surface area contributed by atoms with Crippen molar-refractivity contribution in [2.45, 2.75) is 51.2 Å². The predicted octanol–water partition coefficient (Wildman–Crippen LogP) is 0.695. The number of hydrogen-bond donors (Lipinski definition) is 2. The van der Waals surface area contributed by atoms with Crippen LogP contribution in [0, 0.1) is 5.92 Å². The second-order valence-corrected chi connectivity index (χ2v) is 7.83. The van der Waals surface area contributed by atoms with Gasteiger partial charge in [0.15, 0.2) is 0 Å². The molecule has 0 amide bonds. The lowest BCUT2D eigenvalue weighted by Gasteiger charge is -2.33. The number of rotatable bonds is 8. The zero-order valence-corrected chi connectivity index (χ0v) is 13.7. The van der Waals surface area contributed by atoms with Gasteiger partial charge >= 0.3 is 0 Å². The summed E-state index contributed by atoms with van der Waals surface area (Å²) in [5.74, 6) is 6.00. The standard InChI is InChI=1S/C13H29N3O3S/c1-11(19-2)6-7-13(15-14)9-12-5-4-8-16(10-12)20(3,17)18/h11-13,15H,4-10,14H2,1-3H3. The topological polar surface area (TPSA) is 84.7 Å². The quantitative estimate of drug-likeness (QED) is 0.509. The Kier molecular flexibility index (Phi) is 7.39. The van der Waals surface area contributed by atoms with Crippen molar-refractivity contribution in [3.63, 3.8) is 0 Å². The molecule has 120 valence electrons. The highest BCUT2D eigenvalue weighted by Crippen LogP contribution is 2.24. The first-order valence-electron chi connectivity index (χ1n) is 7.30. The third-order valence-electron chi connectivity index (χ3n) is 4.13. The Morgan fingerprint density at radius 1 is 1.45 bits per heavy atom. The van der Waals surface area contributed by atoms with Crippen molar-refractivity contribution in [1.29, 1.82) is 0 Å². The number of nitrogens with one attached hydrogen (secondary N) is 1. The van der Waals surface area contributed by atoms with Crippen molar-refractivity contribution < 1.29 is 13.2 Å². The molecule has 20 heavy (non-hydrogen) atoms. The van der Waals surface area contributed by atoms with Gasteiger partial charge in [-0.1, -0.05) is 0 Å². The molecule has 7 heteroatoms. The van der Waals surface area contributed by atoms with Gasteiger partial charge in [-0.05, 0) is 44.9 Å². The number of hydrazine groups is 1. The Bertz CT molecular complexity index is 375. The van der Waals surface area contributed by atoms with E-state index in [4.69, 9.17) is 10.6 Å². The molecule has 0 saturated carbocycles. The molecular weight excluding hydrogens is 278 g/mol. The average molecular weight is 307 g/mol. The van der Waals surface area contributed by atoms with E-state index < -0.39 is 10.0 Å². The van der Waals surface area contributed by atoms with Crippen LogP contribution in [0.5, 0.6) is 0 Å². The van der Waals surface area contributed by atoms with E-state index in [9.17, 15) is 8.42 Å². The van der Waals surface area contributed by atoms with Gasteiger partial charge in [-0.2, -0.15) is 0 Å². The van der Waals surface area contributed by atoms with Gasteiger partial charge in [0.1, 0.15) is 0 Å². The van der Waals surface area contributed by atoms with Crippen LogP contribution in [0.4, 0.5) is 0 Å². The highest BCUT2D eigenvalue weighted by molar-refractivity contribution is 7.88. The number of hydrogen-bond acceptors (Lipinski definition) is 5. The van der Waals surface area contributed by atoms with Gasteiger partial charge in [0.05, 0.1) is 12.4 Å². The molecular formula is C13H29N3O3S. The van der Waals surface area contributed by atoms with Gasteiger partial charge in [-0.3, -0.25) is 11.3 Å². The minimum atomic E-state index is -3.07. The van der Waals surface area contributed by atoms with Crippen LogP contribution in [0.15, 0.2) is 0 Å². The van der Waals surface area contributed by atoms with E-state index in [1.165, 1.54) is 6.26 Å². The number of piperidine rings is 1. The first-order valence-corrected chi connectivity index (χ1v) is 9.15. The minimum Gasteiger partial charge on any atom is -0.382 e. The van der Waals surface area contributed by atoms with Crippen molar-refractivity contribution in [2.75, 3.05) is 26.5 Å². The molecule has 1 fully saturated rings. The fourth-order valence-corrected chi connectivity index (χ4v) is 3.69. The lowest BCUT2D eigenvalue weighted by Crippen LogP contribution is -2.43. The number of nitrogens with zero attached hydrogens (tertiary/aromatic N) is 1. The maximum absolute atomic E-state index is 11.6. The Morgan fingerprint density at radius 2 is 2.15 bits per heavy atom. The molecule has 1 saturated heterocycles. The molecule has 0 aromatic heterocycles. The summed E-state index contributed by atoms with van der Waals surface area (Å²) < 4.78 is 30.1. The number of methoxy groups -OCH3 is 1. The van der Waals surface area contributed by atoms with Crippen LogP contribution in [0.25, 0.3) is 0 Å². The molecule has 1 aliphatic rings. The second-order valence-electron chi connectivity index (χ2n) is 5.85. The highest BCUT2D eigenvalue weighted by atomic mass is 32.2. The fraction of sp³-hybridized carbons (Fsp3) is 1.00. The van der Waals surface area contributed by atoms with E-state index in [1.54, 1.807) is 11.4 Å². The smallest absolute Gasteiger partial charge is 0.211 e. The molecule has 0 aliphatic carbocycles. The van der Waals surface area contributed by atoms with Crippen LogP contribution in [0.3, 0.4) is 0 Å². The van der Waals surface area contributed by atoms with Crippen molar-refractivity contribution in [3.8, 4) is 0 Å². The lowest BCUT2D eigenvalue weighted by molar-refractivity contribution is 0.104. The van der Waals surface area contributed by atoms with Gasteiger partial charge in [0, 0.05) is 26.2 Å². The molecule has 6 nitrogen and oxygen atoms in total. The van der Waals surface area contributed by atoms with E-state index in [-0.39, 0.29) is 12.1 Å². The molecule has 1 heterocycles. The van der Waals surface area contributed by atoms with Crippen LogP contribution in [-0.2, 0) is 14.8 Å². The second kappa shape index (κ2) is 8.29. The molecule has 1 aliphatic heterocycles. The number of nitrogens with two attached hydrogens (primary N) is 1. The minimum absolute atomic E-state index is 0.220. The summed E-state index contributed by atoms with van der Waals surface area (Å²) in [5.41, 5.74) is 2.86. The third kappa shape index (κ3) is 6.05.